The molecule has 0 saturated heterocycles. The molecule has 2 N–H and O–H groups in total. The summed E-state index contributed by atoms with van der Waals surface area (Å²) >= 11 is 7.66. The van der Waals surface area contributed by atoms with Gasteiger partial charge in [0.05, 0.1) is 6.54 Å². The molecular weight excluding hydrogens is 306 g/mol. The van der Waals surface area contributed by atoms with Crippen LogP contribution in [0.2, 0.25) is 5.15 Å². The number of aromatic nitrogens is 1. The van der Waals surface area contributed by atoms with Crippen molar-refractivity contribution in [3.8, 4) is 0 Å². The van der Waals surface area contributed by atoms with Gasteiger partial charge in [-0.05, 0) is 37.6 Å². The number of pyridine rings is 1. The third-order valence-electron chi connectivity index (χ3n) is 2.90. The van der Waals surface area contributed by atoms with Crippen molar-refractivity contribution >= 4 is 34.7 Å². The zero-order valence-corrected chi connectivity index (χ0v) is 13.6. The molecule has 6 heteroatoms. The SMILES string of the molecule is CCNc1cc(C(=O)NCc2ccc(CC)s2)cc(Cl)n1. The van der Waals surface area contributed by atoms with Crippen LogP contribution in [0.4, 0.5) is 5.82 Å². The van der Waals surface area contributed by atoms with Crippen LogP contribution in [0.25, 0.3) is 0 Å². The van der Waals surface area contributed by atoms with Gasteiger partial charge in [0.2, 0.25) is 0 Å². The maximum absolute atomic E-state index is 12.2. The normalized spacial score (nSPS) is 10.4. The van der Waals surface area contributed by atoms with E-state index < -0.39 is 0 Å². The van der Waals surface area contributed by atoms with Crippen LogP contribution in [0, 0.1) is 0 Å². The summed E-state index contributed by atoms with van der Waals surface area (Å²) < 4.78 is 0. The Bertz CT molecular complexity index is 627. The summed E-state index contributed by atoms with van der Waals surface area (Å²) in [7, 11) is 0. The summed E-state index contributed by atoms with van der Waals surface area (Å²) in [5.41, 5.74) is 0.512. The second-order valence-corrected chi connectivity index (χ2v) is 6.14. The average molecular weight is 324 g/mol. The summed E-state index contributed by atoms with van der Waals surface area (Å²) in [6.45, 7) is 5.34. The Kier molecular flexibility index (Phi) is 5.59. The lowest BCUT2D eigenvalue weighted by atomic mass is 10.2. The number of thiophene rings is 1. The average Bonchev–Trinajstić information content (AvgIpc) is 2.92. The molecule has 0 aliphatic rings. The first-order valence-corrected chi connectivity index (χ1v) is 8.09. The highest BCUT2D eigenvalue weighted by molar-refractivity contribution is 7.11. The molecule has 2 aromatic heterocycles. The van der Waals surface area contributed by atoms with Crippen molar-refractivity contribution in [3.63, 3.8) is 0 Å². The molecule has 0 aliphatic carbocycles. The molecule has 0 spiro atoms. The zero-order chi connectivity index (χ0) is 15.2. The Balaban J connectivity index is 2.02. The molecule has 0 aliphatic heterocycles. The smallest absolute Gasteiger partial charge is 0.251 e. The van der Waals surface area contributed by atoms with E-state index in [0.717, 1.165) is 17.8 Å². The Hall–Kier alpha value is -1.59. The lowest BCUT2D eigenvalue weighted by Crippen LogP contribution is -2.22. The largest absolute Gasteiger partial charge is 0.370 e. The highest BCUT2D eigenvalue weighted by Crippen LogP contribution is 2.18. The van der Waals surface area contributed by atoms with Crippen molar-refractivity contribution < 1.29 is 4.79 Å². The number of amides is 1. The Labute approximate surface area is 133 Å². The number of carbonyl (C=O) groups is 1. The van der Waals surface area contributed by atoms with Crippen LogP contribution in [0.15, 0.2) is 24.3 Å². The molecule has 0 bridgehead atoms. The van der Waals surface area contributed by atoms with Crippen LogP contribution in [0.3, 0.4) is 0 Å². The molecule has 2 heterocycles. The predicted molar refractivity (Wildman–Crippen MR) is 88.3 cm³/mol. The Morgan fingerprint density at radius 3 is 2.71 bits per heavy atom. The molecule has 1 amide bonds. The number of hydrogen-bond donors (Lipinski definition) is 2. The van der Waals surface area contributed by atoms with Crippen LogP contribution < -0.4 is 10.6 Å². The van der Waals surface area contributed by atoms with E-state index >= 15 is 0 Å². The van der Waals surface area contributed by atoms with E-state index in [1.165, 1.54) is 4.88 Å². The van der Waals surface area contributed by atoms with Gasteiger partial charge in [0.25, 0.3) is 5.91 Å². The maximum atomic E-state index is 12.2. The van der Waals surface area contributed by atoms with Gasteiger partial charge >= 0.3 is 0 Å². The number of halogens is 1. The number of hydrogen-bond acceptors (Lipinski definition) is 4. The summed E-state index contributed by atoms with van der Waals surface area (Å²) in [5.74, 6) is 0.462. The summed E-state index contributed by atoms with van der Waals surface area (Å²) in [6, 6.07) is 7.42. The molecule has 0 fully saturated rings. The third kappa shape index (κ3) is 4.44. The highest BCUT2D eigenvalue weighted by atomic mass is 35.5. The Morgan fingerprint density at radius 1 is 1.29 bits per heavy atom. The fraction of sp³-hybridized carbons (Fsp3) is 0.333. The number of rotatable bonds is 6. The van der Waals surface area contributed by atoms with Crippen LogP contribution in [0.5, 0.6) is 0 Å². The minimum atomic E-state index is -0.148. The second-order valence-electron chi connectivity index (χ2n) is 4.50. The molecule has 0 unspecified atom stereocenters. The predicted octanol–water partition coefficient (Wildman–Crippen LogP) is 3.72. The van der Waals surface area contributed by atoms with Gasteiger partial charge in [-0.25, -0.2) is 4.98 Å². The second kappa shape index (κ2) is 7.43. The van der Waals surface area contributed by atoms with Gasteiger partial charge in [0.15, 0.2) is 0 Å². The molecule has 0 aromatic carbocycles. The van der Waals surface area contributed by atoms with Gasteiger partial charge in [0, 0.05) is 21.9 Å². The topological polar surface area (TPSA) is 54.0 Å². The standard InChI is InChI=1S/C15H18ClN3OS/c1-3-11-5-6-12(21-11)9-18-15(20)10-7-13(16)19-14(8-10)17-4-2/h5-8H,3-4,9H2,1-2H3,(H,17,19)(H,18,20). The van der Waals surface area contributed by atoms with Gasteiger partial charge < -0.3 is 10.6 Å². The molecular formula is C15H18ClN3OS. The van der Waals surface area contributed by atoms with Crippen LogP contribution in [0.1, 0.15) is 34.0 Å². The van der Waals surface area contributed by atoms with E-state index in [4.69, 9.17) is 11.6 Å². The first-order valence-electron chi connectivity index (χ1n) is 6.89. The van der Waals surface area contributed by atoms with Gasteiger partial charge in [-0.15, -0.1) is 11.3 Å². The van der Waals surface area contributed by atoms with Crippen LogP contribution >= 0.6 is 22.9 Å². The van der Waals surface area contributed by atoms with Crippen molar-refractivity contribution in [2.45, 2.75) is 26.8 Å². The summed E-state index contributed by atoms with van der Waals surface area (Å²) in [4.78, 5) is 18.8. The minimum absolute atomic E-state index is 0.148. The van der Waals surface area contributed by atoms with E-state index in [9.17, 15) is 4.79 Å². The number of nitrogens with one attached hydrogen (secondary N) is 2. The molecule has 112 valence electrons. The van der Waals surface area contributed by atoms with Crippen molar-refractivity contribution in [1.29, 1.82) is 0 Å². The highest BCUT2D eigenvalue weighted by Gasteiger charge is 2.09. The van der Waals surface area contributed by atoms with Gasteiger partial charge in [0.1, 0.15) is 11.0 Å². The Morgan fingerprint density at radius 2 is 2.05 bits per heavy atom. The first kappa shape index (κ1) is 15.8. The zero-order valence-electron chi connectivity index (χ0n) is 12.1. The number of aryl methyl sites for hydroxylation is 1. The van der Waals surface area contributed by atoms with Gasteiger partial charge in [-0.1, -0.05) is 18.5 Å². The number of nitrogens with zero attached hydrogens (tertiary/aromatic N) is 1. The van der Waals surface area contributed by atoms with Crippen molar-refractivity contribution in [2.75, 3.05) is 11.9 Å². The monoisotopic (exact) mass is 323 g/mol. The molecule has 0 radical (unpaired) electrons. The maximum Gasteiger partial charge on any atom is 0.251 e. The number of anilines is 1. The minimum Gasteiger partial charge on any atom is -0.370 e. The van der Waals surface area contributed by atoms with E-state index in [0.29, 0.717) is 23.1 Å². The lowest BCUT2D eigenvalue weighted by Gasteiger charge is -2.07. The molecule has 21 heavy (non-hydrogen) atoms. The van der Waals surface area contributed by atoms with Crippen LogP contribution in [-0.2, 0) is 13.0 Å². The van der Waals surface area contributed by atoms with Crippen molar-refractivity contribution in [3.05, 3.63) is 44.7 Å². The van der Waals surface area contributed by atoms with E-state index in [1.807, 2.05) is 13.0 Å². The third-order valence-corrected chi connectivity index (χ3v) is 4.33. The van der Waals surface area contributed by atoms with E-state index in [2.05, 4.69) is 28.6 Å². The van der Waals surface area contributed by atoms with E-state index in [1.54, 1.807) is 23.5 Å². The lowest BCUT2D eigenvalue weighted by molar-refractivity contribution is 0.0951. The molecule has 0 saturated carbocycles. The first-order chi connectivity index (χ1) is 10.1. The van der Waals surface area contributed by atoms with E-state index in [-0.39, 0.29) is 5.91 Å². The quantitative estimate of drug-likeness (QED) is 0.797. The fourth-order valence-electron chi connectivity index (χ4n) is 1.88. The molecule has 4 nitrogen and oxygen atoms in total. The summed E-state index contributed by atoms with van der Waals surface area (Å²) in [6.07, 6.45) is 1.02. The molecule has 0 atom stereocenters. The summed E-state index contributed by atoms with van der Waals surface area (Å²) in [5, 5.41) is 6.27. The van der Waals surface area contributed by atoms with Gasteiger partial charge in [-0.3, -0.25) is 4.79 Å². The molecule has 2 rings (SSSR count). The van der Waals surface area contributed by atoms with Crippen LogP contribution in [-0.4, -0.2) is 17.4 Å². The van der Waals surface area contributed by atoms with Gasteiger partial charge in [-0.2, -0.15) is 0 Å². The number of carbonyl (C=O) groups excluding carboxylic acids is 1. The van der Waals surface area contributed by atoms with Crippen molar-refractivity contribution in [2.24, 2.45) is 0 Å². The molecule has 2 aromatic rings. The van der Waals surface area contributed by atoms with Crippen molar-refractivity contribution in [1.82, 2.24) is 10.3 Å². The fourth-order valence-corrected chi connectivity index (χ4v) is 2.98.